The maximum atomic E-state index is 3.59. The van der Waals surface area contributed by atoms with Crippen molar-refractivity contribution in [1.82, 2.24) is 10.2 Å². The Hall–Kier alpha value is -0.860. The maximum absolute atomic E-state index is 3.59. The normalized spacial score (nSPS) is 21.0. The summed E-state index contributed by atoms with van der Waals surface area (Å²) in [6.45, 7) is 7.72. The van der Waals surface area contributed by atoms with Gasteiger partial charge in [-0.05, 0) is 51.4 Å². The largest absolute Gasteiger partial charge is 0.311 e. The highest BCUT2D eigenvalue weighted by Gasteiger charge is 2.19. The first-order valence-electron chi connectivity index (χ1n) is 6.64. The van der Waals surface area contributed by atoms with Crippen LogP contribution in [-0.2, 0) is 6.54 Å². The number of nitrogens with zero attached hydrogens (tertiary/aromatic N) is 1. The van der Waals surface area contributed by atoms with Crippen molar-refractivity contribution in [3.05, 3.63) is 34.9 Å². The number of nitrogens with one attached hydrogen (secondary N) is 1. The van der Waals surface area contributed by atoms with E-state index in [4.69, 9.17) is 0 Å². The summed E-state index contributed by atoms with van der Waals surface area (Å²) in [4.78, 5) is 2.47. The predicted molar refractivity (Wildman–Crippen MR) is 73.3 cm³/mol. The van der Waals surface area contributed by atoms with Crippen molar-refractivity contribution >= 4 is 0 Å². The SMILES string of the molecule is Cc1ccc(CNCC2CCCN2C)c(C)c1. The summed E-state index contributed by atoms with van der Waals surface area (Å²) in [6.07, 6.45) is 2.70. The van der Waals surface area contributed by atoms with Crippen molar-refractivity contribution < 1.29 is 0 Å². The van der Waals surface area contributed by atoms with Crippen LogP contribution >= 0.6 is 0 Å². The molecule has 17 heavy (non-hydrogen) atoms. The molecule has 2 rings (SSSR count). The standard InChI is InChI=1S/C15H24N2/c1-12-6-7-14(13(2)9-12)10-16-11-15-5-4-8-17(15)3/h6-7,9,15-16H,4-5,8,10-11H2,1-3H3. The average Bonchev–Trinajstić information content (AvgIpc) is 2.68. The van der Waals surface area contributed by atoms with Crippen molar-refractivity contribution in [1.29, 1.82) is 0 Å². The first kappa shape index (κ1) is 12.6. The molecule has 1 aliphatic rings. The molecule has 0 spiro atoms. The number of likely N-dealkylation sites (N-methyl/N-ethyl adjacent to an activating group) is 1. The minimum atomic E-state index is 0.737. The Morgan fingerprint density at radius 3 is 2.82 bits per heavy atom. The summed E-state index contributed by atoms with van der Waals surface area (Å²) in [5, 5.41) is 3.59. The third kappa shape index (κ3) is 3.30. The molecule has 94 valence electrons. The van der Waals surface area contributed by atoms with E-state index in [2.05, 4.69) is 49.3 Å². The molecular weight excluding hydrogens is 208 g/mol. The van der Waals surface area contributed by atoms with Gasteiger partial charge in [-0.15, -0.1) is 0 Å². The number of hydrogen-bond donors (Lipinski definition) is 1. The van der Waals surface area contributed by atoms with Crippen molar-refractivity contribution in [2.75, 3.05) is 20.1 Å². The van der Waals surface area contributed by atoms with E-state index in [-0.39, 0.29) is 0 Å². The van der Waals surface area contributed by atoms with Crippen molar-refractivity contribution in [3.8, 4) is 0 Å². The van der Waals surface area contributed by atoms with E-state index in [0.717, 1.165) is 19.1 Å². The minimum absolute atomic E-state index is 0.737. The van der Waals surface area contributed by atoms with E-state index in [1.54, 1.807) is 0 Å². The quantitative estimate of drug-likeness (QED) is 0.858. The molecule has 1 aliphatic heterocycles. The van der Waals surface area contributed by atoms with Crippen LogP contribution in [0.2, 0.25) is 0 Å². The molecule has 2 heteroatoms. The monoisotopic (exact) mass is 232 g/mol. The van der Waals surface area contributed by atoms with Crippen LogP contribution in [0.4, 0.5) is 0 Å². The molecule has 1 N–H and O–H groups in total. The molecule has 0 aromatic heterocycles. The Balaban J connectivity index is 1.81. The molecule has 0 aliphatic carbocycles. The Morgan fingerprint density at radius 1 is 1.35 bits per heavy atom. The van der Waals surface area contributed by atoms with Gasteiger partial charge in [0, 0.05) is 19.1 Å². The fourth-order valence-corrected chi connectivity index (χ4v) is 2.65. The van der Waals surface area contributed by atoms with Gasteiger partial charge in [0.05, 0.1) is 0 Å². The molecule has 1 aromatic carbocycles. The molecular formula is C15H24N2. The van der Waals surface area contributed by atoms with Crippen LogP contribution in [0.25, 0.3) is 0 Å². The molecule has 0 bridgehead atoms. The summed E-state index contributed by atoms with van der Waals surface area (Å²) in [7, 11) is 2.23. The number of benzene rings is 1. The Labute approximate surface area is 105 Å². The Morgan fingerprint density at radius 2 is 2.18 bits per heavy atom. The average molecular weight is 232 g/mol. The molecule has 1 unspecified atom stereocenters. The van der Waals surface area contributed by atoms with Gasteiger partial charge in [-0.3, -0.25) is 0 Å². The lowest BCUT2D eigenvalue weighted by Gasteiger charge is -2.20. The zero-order valence-corrected chi connectivity index (χ0v) is 11.3. The summed E-state index contributed by atoms with van der Waals surface area (Å²) in [5.41, 5.74) is 4.18. The third-order valence-electron chi connectivity index (χ3n) is 3.87. The molecule has 2 nitrogen and oxygen atoms in total. The molecule has 1 heterocycles. The van der Waals surface area contributed by atoms with Gasteiger partial charge in [0.2, 0.25) is 0 Å². The smallest absolute Gasteiger partial charge is 0.0218 e. The zero-order valence-electron chi connectivity index (χ0n) is 11.3. The Kier molecular flexibility index (Phi) is 4.19. The molecule has 0 radical (unpaired) electrons. The van der Waals surface area contributed by atoms with Gasteiger partial charge >= 0.3 is 0 Å². The zero-order chi connectivity index (χ0) is 12.3. The van der Waals surface area contributed by atoms with Crippen LogP contribution in [0.1, 0.15) is 29.5 Å². The minimum Gasteiger partial charge on any atom is -0.311 e. The van der Waals surface area contributed by atoms with Crippen LogP contribution < -0.4 is 5.32 Å². The highest BCUT2D eigenvalue weighted by atomic mass is 15.2. The van der Waals surface area contributed by atoms with E-state index in [1.807, 2.05) is 0 Å². The van der Waals surface area contributed by atoms with Crippen LogP contribution in [0, 0.1) is 13.8 Å². The van der Waals surface area contributed by atoms with Crippen LogP contribution in [0.15, 0.2) is 18.2 Å². The number of rotatable bonds is 4. The third-order valence-corrected chi connectivity index (χ3v) is 3.87. The summed E-state index contributed by atoms with van der Waals surface area (Å²) < 4.78 is 0. The molecule has 1 fully saturated rings. The Bertz CT molecular complexity index is 373. The van der Waals surface area contributed by atoms with Gasteiger partial charge in [-0.25, -0.2) is 0 Å². The molecule has 0 amide bonds. The number of likely N-dealkylation sites (tertiary alicyclic amines) is 1. The van der Waals surface area contributed by atoms with Gasteiger partial charge < -0.3 is 10.2 Å². The lowest BCUT2D eigenvalue weighted by molar-refractivity contribution is 0.300. The fraction of sp³-hybridized carbons (Fsp3) is 0.600. The number of hydrogen-bond acceptors (Lipinski definition) is 2. The van der Waals surface area contributed by atoms with Crippen molar-refractivity contribution in [2.24, 2.45) is 0 Å². The summed E-state index contributed by atoms with van der Waals surface area (Å²) in [6, 6.07) is 7.45. The van der Waals surface area contributed by atoms with Crippen LogP contribution in [-0.4, -0.2) is 31.1 Å². The lowest BCUT2D eigenvalue weighted by Crippen LogP contribution is -2.35. The van der Waals surface area contributed by atoms with Crippen molar-refractivity contribution in [2.45, 2.75) is 39.3 Å². The van der Waals surface area contributed by atoms with Gasteiger partial charge in [-0.1, -0.05) is 23.8 Å². The second kappa shape index (κ2) is 5.65. The summed E-state index contributed by atoms with van der Waals surface area (Å²) >= 11 is 0. The van der Waals surface area contributed by atoms with E-state index in [9.17, 15) is 0 Å². The van der Waals surface area contributed by atoms with E-state index in [1.165, 1.54) is 36.1 Å². The van der Waals surface area contributed by atoms with Gasteiger partial charge in [-0.2, -0.15) is 0 Å². The van der Waals surface area contributed by atoms with Gasteiger partial charge in [0.1, 0.15) is 0 Å². The van der Waals surface area contributed by atoms with E-state index in [0.29, 0.717) is 0 Å². The first-order valence-corrected chi connectivity index (χ1v) is 6.64. The fourth-order valence-electron chi connectivity index (χ4n) is 2.65. The molecule has 1 saturated heterocycles. The van der Waals surface area contributed by atoms with E-state index < -0.39 is 0 Å². The highest BCUT2D eigenvalue weighted by Crippen LogP contribution is 2.14. The highest BCUT2D eigenvalue weighted by molar-refractivity contribution is 5.30. The van der Waals surface area contributed by atoms with Gasteiger partial charge in [0.25, 0.3) is 0 Å². The van der Waals surface area contributed by atoms with Gasteiger partial charge in [0.15, 0.2) is 0 Å². The second-order valence-corrected chi connectivity index (χ2v) is 5.34. The topological polar surface area (TPSA) is 15.3 Å². The molecule has 1 aromatic rings. The molecule has 0 saturated carbocycles. The second-order valence-electron chi connectivity index (χ2n) is 5.34. The van der Waals surface area contributed by atoms with Crippen LogP contribution in [0.5, 0.6) is 0 Å². The first-order chi connectivity index (χ1) is 8.16. The number of aryl methyl sites for hydroxylation is 2. The van der Waals surface area contributed by atoms with Crippen molar-refractivity contribution in [3.63, 3.8) is 0 Å². The van der Waals surface area contributed by atoms with Crippen LogP contribution in [0.3, 0.4) is 0 Å². The van der Waals surface area contributed by atoms with E-state index >= 15 is 0 Å². The lowest BCUT2D eigenvalue weighted by atomic mass is 10.1. The predicted octanol–water partition coefficient (Wildman–Crippen LogP) is 2.49. The maximum Gasteiger partial charge on any atom is 0.0218 e. The summed E-state index contributed by atoms with van der Waals surface area (Å²) in [5.74, 6) is 0. The molecule has 1 atom stereocenters.